The van der Waals surface area contributed by atoms with Gasteiger partial charge in [0.1, 0.15) is 0 Å². The first kappa shape index (κ1) is 12.2. The van der Waals surface area contributed by atoms with Gasteiger partial charge in [0.05, 0.1) is 0 Å². The molecule has 50 valence electrons. The van der Waals surface area contributed by atoms with Gasteiger partial charge in [-0.15, -0.1) is 6.61 Å². The monoisotopic (exact) mass is 124 g/mol. The Kier molecular flexibility index (Phi) is 9.01. The van der Waals surface area contributed by atoms with E-state index in [2.05, 4.69) is 0 Å². The molecule has 0 spiro atoms. The van der Waals surface area contributed by atoms with Gasteiger partial charge in [-0.2, -0.15) is 0 Å². The van der Waals surface area contributed by atoms with Crippen molar-refractivity contribution in [1.82, 2.24) is 0 Å². The fourth-order valence-corrected chi connectivity index (χ4v) is 0.612. The van der Waals surface area contributed by atoms with Crippen LogP contribution in [0.3, 0.4) is 0 Å². The van der Waals surface area contributed by atoms with Gasteiger partial charge in [0.15, 0.2) is 0 Å². The van der Waals surface area contributed by atoms with E-state index in [4.69, 9.17) is 5.11 Å². The molecule has 0 aliphatic rings. The second kappa shape index (κ2) is 6.63. The van der Waals surface area contributed by atoms with Crippen molar-refractivity contribution < 1.29 is 29.1 Å². The maximum Gasteiger partial charge on any atom is 1.00 e. The van der Waals surface area contributed by atoms with Crippen LogP contribution < -0.4 is 24.0 Å². The predicted octanol–water partition coefficient (Wildman–Crippen LogP) is -3.24. The minimum absolute atomic E-state index is 0. The molecule has 0 aromatic carbocycles. The summed E-state index contributed by atoms with van der Waals surface area (Å²) >= 11 is 0. The molecular formula is C6H13LiO2. The molecule has 3 heteroatoms. The van der Waals surface area contributed by atoms with E-state index >= 15 is 0 Å². The van der Waals surface area contributed by atoms with Crippen LogP contribution in [0.15, 0.2) is 0 Å². The van der Waals surface area contributed by atoms with Gasteiger partial charge in [0, 0.05) is 6.10 Å². The zero-order valence-electron chi connectivity index (χ0n) is 6.42. The topological polar surface area (TPSA) is 43.3 Å². The first-order valence-corrected chi connectivity index (χ1v) is 2.93. The fourth-order valence-electron chi connectivity index (χ4n) is 0.612. The third-order valence-corrected chi connectivity index (χ3v) is 0.936. The van der Waals surface area contributed by atoms with Gasteiger partial charge in [-0.05, 0) is 12.3 Å². The van der Waals surface area contributed by atoms with E-state index < -0.39 is 6.10 Å². The van der Waals surface area contributed by atoms with Crippen molar-refractivity contribution in [1.29, 1.82) is 0 Å². The van der Waals surface area contributed by atoms with Crippen LogP contribution in [0.25, 0.3) is 0 Å². The van der Waals surface area contributed by atoms with Crippen LogP contribution in [0.4, 0.5) is 0 Å². The Balaban J connectivity index is 0. The normalized spacial score (nSPS) is 13.0. The molecule has 9 heavy (non-hydrogen) atoms. The second-order valence-corrected chi connectivity index (χ2v) is 2.45. The maximum absolute atomic E-state index is 9.92. The van der Waals surface area contributed by atoms with Crippen LogP contribution in [0.1, 0.15) is 20.3 Å². The summed E-state index contributed by atoms with van der Waals surface area (Å²) in [5.74, 6) is 0.430. The fraction of sp³-hybridized carbons (Fsp3) is 1.00. The molecule has 0 heterocycles. The summed E-state index contributed by atoms with van der Waals surface area (Å²) in [4.78, 5) is 0. The number of aliphatic hydroxyl groups excluding tert-OH is 1. The van der Waals surface area contributed by atoms with Gasteiger partial charge in [-0.1, -0.05) is 13.8 Å². The first-order valence-electron chi connectivity index (χ1n) is 2.93. The molecule has 0 saturated carbocycles. The molecule has 1 atom stereocenters. The smallest absolute Gasteiger partial charge is 0.853 e. The van der Waals surface area contributed by atoms with Gasteiger partial charge < -0.3 is 10.2 Å². The quantitative estimate of drug-likeness (QED) is 0.402. The SMILES string of the molecule is CC(C)CC(O)C[O-].[Li+]. The van der Waals surface area contributed by atoms with Crippen molar-refractivity contribution in [3.05, 3.63) is 0 Å². The average molecular weight is 124 g/mol. The molecule has 2 nitrogen and oxygen atoms in total. The number of aliphatic hydroxyl groups is 1. The van der Waals surface area contributed by atoms with Crippen LogP contribution >= 0.6 is 0 Å². The molecule has 0 radical (unpaired) electrons. The Morgan fingerprint density at radius 1 is 1.44 bits per heavy atom. The van der Waals surface area contributed by atoms with Gasteiger partial charge >= 0.3 is 18.9 Å². The van der Waals surface area contributed by atoms with Crippen LogP contribution in [0, 0.1) is 5.92 Å². The molecule has 0 aromatic heterocycles. The average Bonchev–Trinajstić information content (AvgIpc) is 1.65. The predicted molar refractivity (Wildman–Crippen MR) is 30.3 cm³/mol. The van der Waals surface area contributed by atoms with Crippen LogP contribution in [-0.2, 0) is 0 Å². The molecule has 0 aliphatic carbocycles. The molecule has 0 rings (SSSR count). The Morgan fingerprint density at radius 2 is 1.89 bits per heavy atom. The second-order valence-electron chi connectivity index (χ2n) is 2.45. The van der Waals surface area contributed by atoms with Crippen molar-refractivity contribution >= 4 is 0 Å². The number of rotatable bonds is 3. The van der Waals surface area contributed by atoms with Crippen LogP contribution in [0.2, 0.25) is 0 Å². The Morgan fingerprint density at radius 3 is 2.00 bits per heavy atom. The molecule has 1 N–H and O–H groups in total. The summed E-state index contributed by atoms with van der Waals surface area (Å²) in [6, 6.07) is 0. The van der Waals surface area contributed by atoms with Gasteiger partial charge in [0.25, 0.3) is 0 Å². The Labute approximate surface area is 68.4 Å². The van der Waals surface area contributed by atoms with E-state index in [0.717, 1.165) is 0 Å². The number of hydrogen-bond acceptors (Lipinski definition) is 2. The minimum atomic E-state index is -0.630. The van der Waals surface area contributed by atoms with Crippen molar-refractivity contribution in [2.24, 2.45) is 5.92 Å². The molecule has 0 saturated heterocycles. The van der Waals surface area contributed by atoms with E-state index in [0.29, 0.717) is 12.3 Å². The summed E-state index contributed by atoms with van der Waals surface area (Å²) in [5.41, 5.74) is 0. The molecular weight excluding hydrogens is 111 g/mol. The molecule has 1 unspecified atom stereocenters. The molecule has 0 amide bonds. The minimum Gasteiger partial charge on any atom is -0.853 e. The van der Waals surface area contributed by atoms with E-state index in [1.54, 1.807) is 0 Å². The molecule has 0 bridgehead atoms. The molecule has 0 aliphatic heterocycles. The van der Waals surface area contributed by atoms with Crippen molar-refractivity contribution in [2.75, 3.05) is 6.61 Å². The van der Waals surface area contributed by atoms with Crippen LogP contribution in [-0.4, -0.2) is 17.8 Å². The summed E-state index contributed by atoms with van der Waals surface area (Å²) in [5, 5.41) is 18.6. The Bertz CT molecular complexity index is 57.0. The maximum atomic E-state index is 9.92. The van der Waals surface area contributed by atoms with E-state index in [-0.39, 0.29) is 25.5 Å². The van der Waals surface area contributed by atoms with E-state index in [1.165, 1.54) is 0 Å². The van der Waals surface area contributed by atoms with Gasteiger partial charge in [-0.25, -0.2) is 0 Å². The van der Waals surface area contributed by atoms with Crippen molar-refractivity contribution in [2.45, 2.75) is 26.4 Å². The third-order valence-electron chi connectivity index (χ3n) is 0.936. The van der Waals surface area contributed by atoms with E-state index in [9.17, 15) is 5.11 Å². The van der Waals surface area contributed by atoms with Gasteiger partial charge in [-0.3, -0.25) is 0 Å². The zero-order valence-corrected chi connectivity index (χ0v) is 6.42. The Hall–Kier alpha value is 0.517. The summed E-state index contributed by atoms with van der Waals surface area (Å²) in [6.45, 7) is 3.61. The summed E-state index contributed by atoms with van der Waals surface area (Å²) < 4.78 is 0. The van der Waals surface area contributed by atoms with Crippen LogP contribution in [0.5, 0.6) is 0 Å². The molecule has 0 aromatic rings. The van der Waals surface area contributed by atoms with Crippen molar-refractivity contribution in [3.8, 4) is 0 Å². The standard InChI is InChI=1S/C6H13O2.Li/c1-5(2)3-6(8)4-7;/h5-6,8H,3-4H2,1-2H3;/q-1;+1. The van der Waals surface area contributed by atoms with E-state index in [1.807, 2.05) is 13.8 Å². The summed E-state index contributed by atoms with van der Waals surface area (Å²) in [7, 11) is 0. The third kappa shape index (κ3) is 8.52. The largest absolute Gasteiger partial charge is 1.00 e. The van der Waals surface area contributed by atoms with Crippen molar-refractivity contribution in [3.63, 3.8) is 0 Å². The first-order chi connectivity index (χ1) is 3.66. The summed E-state index contributed by atoms with van der Waals surface area (Å²) in [6.07, 6.45) is -0.00116. The molecule has 0 fully saturated rings. The number of hydrogen-bond donors (Lipinski definition) is 1. The van der Waals surface area contributed by atoms with Gasteiger partial charge in [0.2, 0.25) is 0 Å². The zero-order chi connectivity index (χ0) is 6.57.